The molecule has 0 fully saturated rings. The standard InChI is InChI=1S/C16H14FNO5S/c17-10-3-1-9(2-4-10)12-6-7-13(24-12)15(21)18-11(16(22)23)5-8-14(19)20/h1-4,6-7,11H,5,8H2,(H,18,21)(H,19,20)(H,22,23)/t11-/m0/s1. The normalized spacial score (nSPS) is 11.7. The quantitative estimate of drug-likeness (QED) is 0.711. The zero-order chi connectivity index (χ0) is 17.7. The molecule has 8 heteroatoms. The van der Waals surface area contributed by atoms with E-state index in [0.717, 1.165) is 21.8 Å². The summed E-state index contributed by atoms with van der Waals surface area (Å²) in [5.74, 6) is -3.38. The topological polar surface area (TPSA) is 104 Å². The minimum absolute atomic E-state index is 0.202. The van der Waals surface area contributed by atoms with Crippen LogP contribution in [-0.2, 0) is 9.59 Å². The molecule has 0 radical (unpaired) electrons. The molecule has 6 nitrogen and oxygen atoms in total. The number of benzene rings is 1. The van der Waals surface area contributed by atoms with Gasteiger partial charge in [-0.05, 0) is 36.2 Å². The molecule has 0 saturated carbocycles. The van der Waals surface area contributed by atoms with Crippen molar-refractivity contribution in [2.45, 2.75) is 18.9 Å². The Labute approximate surface area is 140 Å². The summed E-state index contributed by atoms with van der Waals surface area (Å²) in [6.07, 6.45) is -0.560. The molecule has 1 aromatic carbocycles. The van der Waals surface area contributed by atoms with E-state index in [0.29, 0.717) is 0 Å². The van der Waals surface area contributed by atoms with Crippen molar-refractivity contribution in [3.8, 4) is 10.4 Å². The van der Waals surface area contributed by atoms with Crippen LogP contribution in [0.1, 0.15) is 22.5 Å². The fourth-order valence-electron chi connectivity index (χ4n) is 1.98. The summed E-state index contributed by atoms with van der Waals surface area (Å²) in [4.78, 5) is 34.8. The maximum absolute atomic E-state index is 12.9. The van der Waals surface area contributed by atoms with Crippen LogP contribution in [0.25, 0.3) is 10.4 Å². The summed E-state index contributed by atoms with van der Waals surface area (Å²) in [6, 6.07) is 7.72. The van der Waals surface area contributed by atoms with Crippen LogP contribution in [0.4, 0.5) is 4.39 Å². The van der Waals surface area contributed by atoms with Crippen LogP contribution in [0.3, 0.4) is 0 Å². The molecule has 126 valence electrons. The van der Waals surface area contributed by atoms with Crippen LogP contribution < -0.4 is 5.32 Å². The number of hydrogen-bond acceptors (Lipinski definition) is 4. The van der Waals surface area contributed by atoms with Crippen molar-refractivity contribution < 1.29 is 29.0 Å². The second-order valence-corrected chi connectivity index (χ2v) is 6.05. The molecule has 0 saturated heterocycles. The number of nitrogens with one attached hydrogen (secondary N) is 1. The third-order valence-electron chi connectivity index (χ3n) is 3.21. The highest BCUT2D eigenvalue weighted by molar-refractivity contribution is 7.17. The Hall–Kier alpha value is -2.74. The monoisotopic (exact) mass is 351 g/mol. The van der Waals surface area contributed by atoms with Gasteiger partial charge in [0.25, 0.3) is 5.91 Å². The summed E-state index contributed by atoms with van der Waals surface area (Å²) in [6.45, 7) is 0. The van der Waals surface area contributed by atoms with Gasteiger partial charge in [-0.15, -0.1) is 11.3 Å². The molecule has 1 atom stereocenters. The minimum Gasteiger partial charge on any atom is -0.481 e. The fraction of sp³-hybridized carbons (Fsp3) is 0.188. The average Bonchev–Trinajstić information content (AvgIpc) is 3.01. The summed E-state index contributed by atoms with van der Waals surface area (Å²) >= 11 is 1.13. The predicted octanol–water partition coefficient (Wildman–Crippen LogP) is 2.60. The van der Waals surface area contributed by atoms with Crippen LogP contribution in [0.2, 0.25) is 0 Å². The highest BCUT2D eigenvalue weighted by Crippen LogP contribution is 2.28. The third-order valence-corrected chi connectivity index (χ3v) is 4.34. The van der Waals surface area contributed by atoms with Crippen molar-refractivity contribution in [1.82, 2.24) is 5.32 Å². The molecule has 0 unspecified atom stereocenters. The first-order valence-corrected chi connectivity index (χ1v) is 7.79. The van der Waals surface area contributed by atoms with Gasteiger partial charge >= 0.3 is 11.9 Å². The zero-order valence-corrected chi connectivity index (χ0v) is 13.2. The van der Waals surface area contributed by atoms with Gasteiger partial charge in [0.1, 0.15) is 11.9 Å². The summed E-state index contributed by atoms with van der Waals surface area (Å²) in [5.41, 5.74) is 0.737. The molecule has 0 bridgehead atoms. The van der Waals surface area contributed by atoms with Gasteiger partial charge in [-0.3, -0.25) is 9.59 Å². The number of halogens is 1. The zero-order valence-electron chi connectivity index (χ0n) is 12.4. The Bertz CT molecular complexity index is 756. The predicted molar refractivity (Wildman–Crippen MR) is 85.5 cm³/mol. The van der Waals surface area contributed by atoms with E-state index in [4.69, 9.17) is 10.2 Å². The van der Waals surface area contributed by atoms with E-state index in [1.54, 1.807) is 18.2 Å². The van der Waals surface area contributed by atoms with Crippen LogP contribution in [0, 0.1) is 5.82 Å². The van der Waals surface area contributed by atoms with Crippen molar-refractivity contribution in [3.05, 3.63) is 47.1 Å². The highest BCUT2D eigenvalue weighted by Gasteiger charge is 2.22. The van der Waals surface area contributed by atoms with Gasteiger partial charge in [0.15, 0.2) is 0 Å². The van der Waals surface area contributed by atoms with Gasteiger partial charge in [0, 0.05) is 11.3 Å². The number of rotatable bonds is 7. The third kappa shape index (κ3) is 4.63. The van der Waals surface area contributed by atoms with E-state index in [9.17, 15) is 18.8 Å². The van der Waals surface area contributed by atoms with Crippen LogP contribution >= 0.6 is 11.3 Å². The fourth-order valence-corrected chi connectivity index (χ4v) is 2.90. The molecule has 0 spiro atoms. The number of carboxylic acid groups (broad SMARTS) is 2. The van der Waals surface area contributed by atoms with E-state index in [1.807, 2.05) is 0 Å². The molecule has 1 amide bonds. The van der Waals surface area contributed by atoms with Gasteiger partial charge in [-0.25, -0.2) is 9.18 Å². The lowest BCUT2D eigenvalue weighted by atomic mass is 10.1. The Morgan fingerprint density at radius 1 is 1.08 bits per heavy atom. The molecule has 0 aliphatic carbocycles. The molecular formula is C16H14FNO5S. The lowest BCUT2D eigenvalue weighted by Gasteiger charge is -2.12. The highest BCUT2D eigenvalue weighted by atomic mass is 32.1. The maximum atomic E-state index is 12.9. The molecule has 1 aromatic heterocycles. The molecule has 0 aliphatic rings. The molecular weight excluding hydrogens is 337 g/mol. The number of carboxylic acids is 2. The Kier molecular flexibility index (Phi) is 5.64. The lowest BCUT2D eigenvalue weighted by Crippen LogP contribution is -2.40. The first-order valence-electron chi connectivity index (χ1n) is 6.98. The van der Waals surface area contributed by atoms with E-state index in [-0.39, 0.29) is 23.5 Å². The van der Waals surface area contributed by atoms with Crippen molar-refractivity contribution in [2.75, 3.05) is 0 Å². The summed E-state index contributed by atoms with van der Waals surface area (Å²) in [7, 11) is 0. The smallest absolute Gasteiger partial charge is 0.326 e. The lowest BCUT2D eigenvalue weighted by molar-refractivity contribution is -0.140. The van der Waals surface area contributed by atoms with E-state index >= 15 is 0 Å². The first kappa shape index (κ1) is 17.6. The molecule has 24 heavy (non-hydrogen) atoms. The second-order valence-electron chi connectivity index (χ2n) is 4.97. The van der Waals surface area contributed by atoms with Crippen molar-refractivity contribution in [1.29, 1.82) is 0 Å². The maximum Gasteiger partial charge on any atom is 0.326 e. The van der Waals surface area contributed by atoms with Crippen LogP contribution in [0.15, 0.2) is 36.4 Å². The molecule has 2 aromatic rings. The van der Waals surface area contributed by atoms with Gasteiger partial charge < -0.3 is 15.5 Å². The van der Waals surface area contributed by atoms with Gasteiger partial charge in [0.2, 0.25) is 0 Å². The van der Waals surface area contributed by atoms with Crippen LogP contribution in [0.5, 0.6) is 0 Å². The summed E-state index contributed by atoms with van der Waals surface area (Å²) < 4.78 is 12.9. The van der Waals surface area contributed by atoms with Gasteiger partial charge in [0.05, 0.1) is 4.88 Å². The molecule has 3 N–H and O–H groups in total. The van der Waals surface area contributed by atoms with E-state index in [2.05, 4.69) is 5.32 Å². The summed E-state index contributed by atoms with van der Waals surface area (Å²) in [5, 5.41) is 20.0. The van der Waals surface area contributed by atoms with E-state index in [1.165, 1.54) is 18.2 Å². The number of aliphatic carboxylic acids is 2. The minimum atomic E-state index is -1.29. The van der Waals surface area contributed by atoms with E-state index < -0.39 is 23.9 Å². The van der Waals surface area contributed by atoms with Gasteiger partial charge in [-0.2, -0.15) is 0 Å². The number of thiophene rings is 1. The number of amides is 1. The molecule has 0 aliphatic heterocycles. The number of hydrogen-bond donors (Lipinski definition) is 3. The number of carbonyl (C=O) groups is 3. The Morgan fingerprint density at radius 2 is 1.75 bits per heavy atom. The molecule has 2 rings (SSSR count). The molecule has 1 heterocycles. The second kappa shape index (κ2) is 7.69. The van der Waals surface area contributed by atoms with Crippen LogP contribution in [-0.4, -0.2) is 34.1 Å². The van der Waals surface area contributed by atoms with Gasteiger partial charge in [-0.1, -0.05) is 12.1 Å². The Balaban J connectivity index is 2.08. The number of carbonyl (C=O) groups excluding carboxylic acids is 1. The average molecular weight is 351 g/mol. The largest absolute Gasteiger partial charge is 0.481 e. The van der Waals surface area contributed by atoms with Crippen molar-refractivity contribution in [3.63, 3.8) is 0 Å². The first-order chi connectivity index (χ1) is 11.4. The SMILES string of the molecule is O=C(O)CC[C@H](NC(=O)c1ccc(-c2ccc(F)cc2)s1)C(=O)O. The van der Waals surface area contributed by atoms with Crippen molar-refractivity contribution >= 4 is 29.2 Å². The Morgan fingerprint density at radius 3 is 2.33 bits per heavy atom. The van der Waals surface area contributed by atoms with Crippen molar-refractivity contribution in [2.24, 2.45) is 0 Å².